The third-order valence-corrected chi connectivity index (χ3v) is 4.94. The molecule has 2 aromatic carbocycles. The molecule has 146 valence electrons. The van der Waals surface area contributed by atoms with Crippen molar-refractivity contribution in [3.8, 4) is 17.0 Å². The van der Waals surface area contributed by atoms with Crippen LogP contribution in [0, 0.1) is 0 Å². The molecule has 0 amide bonds. The number of nitrogens with zero attached hydrogens (tertiary/aromatic N) is 4. The topological polar surface area (TPSA) is 64.3 Å². The molecule has 4 aromatic rings. The summed E-state index contributed by atoms with van der Waals surface area (Å²) in [5.74, 6) is 0.834. The molecule has 2 aromatic heterocycles. The predicted molar refractivity (Wildman–Crippen MR) is 118 cm³/mol. The van der Waals surface area contributed by atoms with Gasteiger partial charge in [-0.05, 0) is 24.1 Å². The van der Waals surface area contributed by atoms with Crippen LogP contribution in [0.1, 0.15) is 12.0 Å². The Labute approximate surface area is 173 Å². The summed E-state index contributed by atoms with van der Waals surface area (Å²) in [4.78, 5) is 8.60. The lowest BCUT2D eigenvalue weighted by Gasteiger charge is -2.07. The van der Waals surface area contributed by atoms with E-state index in [0.29, 0.717) is 6.61 Å². The summed E-state index contributed by atoms with van der Waals surface area (Å²) in [5.41, 5.74) is 6.00. The van der Waals surface area contributed by atoms with Crippen molar-refractivity contribution in [3.63, 3.8) is 0 Å². The van der Waals surface area contributed by atoms with Crippen molar-refractivity contribution in [1.82, 2.24) is 14.5 Å². The molecule has 0 spiro atoms. The zero-order valence-electron chi connectivity index (χ0n) is 15.8. The summed E-state index contributed by atoms with van der Waals surface area (Å²) < 4.78 is 7.88. The number of hydrazone groups is 1. The van der Waals surface area contributed by atoms with Crippen molar-refractivity contribution in [2.24, 2.45) is 5.10 Å². The van der Waals surface area contributed by atoms with Gasteiger partial charge >= 0.3 is 0 Å². The van der Waals surface area contributed by atoms with Crippen LogP contribution in [-0.2, 0) is 6.54 Å². The minimum absolute atomic E-state index is 0.651. The molecule has 2 heterocycles. The SMILES string of the molecule is C(=NNc1nc(-c2ccccc2)cs1)c1cccc(OCCCn2ccnc2)c1. The van der Waals surface area contributed by atoms with Gasteiger partial charge in [0, 0.05) is 29.9 Å². The van der Waals surface area contributed by atoms with E-state index < -0.39 is 0 Å². The Morgan fingerprint density at radius 2 is 2.07 bits per heavy atom. The number of rotatable bonds is 9. The van der Waals surface area contributed by atoms with Gasteiger partial charge in [0.1, 0.15) is 5.75 Å². The van der Waals surface area contributed by atoms with Gasteiger partial charge in [-0.15, -0.1) is 11.3 Å². The van der Waals surface area contributed by atoms with Gasteiger partial charge in [-0.1, -0.05) is 42.5 Å². The largest absolute Gasteiger partial charge is 0.494 e. The molecule has 0 bridgehead atoms. The van der Waals surface area contributed by atoms with Crippen molar-refractivity contribution in [1.29, 1.82) is 0 Å². The lowest BCUT2D eigenvalue weighted by atomic mass is 10.2. The third-order valence-electron chi connectivity index (χ3n) is 4.19. The Hall–Kier alpha value is -3.45. The van der Waals surface area contributed by atoms with Crippen molar-refractivity contribution in [2.75, 3.05) is 12.0 Å². The molecule has 0 aliphatic heterocycles. The lowest BCUT2D eigenvalue weighted by Crippen LogP contribution is -2.03. The first-order valence-corrected chi connectivity index (χ1v) is 10.2. The zero-order chi connectivity index (χ0) is 19.7. The van der Waals surface area contributed by atoms with E-state index in [2.05, 4.69) is 20.5 Å². The number of anilines is 1. The fraction of sp³-hybridized carbons (Fsp3) is 0.136. The second-order valence-corrected chi connectivity index (χ2v) is 7.21. The van der Waals surface area contributed by atoms with E-state index in [9.17, 15) is 0 Å². The minimum Gasteiger partial charge on any atom is -0.494 e. The molecule has 4 rings (SSSR count). The van der Waals surface area contributed by atoms with Gasteiger partial charge in [-0.25, -0.2) is 9.97 Å². The summed E-state index contributed by atoms with van der Waals surface area (Å²) in [5, 5.41) is 7.07. The first-order chi connectivity index (χ1) is 14.4. The molecule has 0 aliphatic rings. The summed E-state index contributed by atoms with van der Waals surface area (Å²) in [6, 6.07) is 18.0. The highest BCUT2D eigenvalue weighted by molar-refractivity contribution is 7.14. The molecule has 0 saturated carbocycles. The number of hydrogen-bond acceptors (Lipinski definition) is 6. The van der Waals surface area contributed by atoms with Crippen LogP contribution in [0.4, 0.5) is 5.13 Å². The standard InChI is InChI=1S/C22H21N5OS/c1-2-7-19(8-3-1)21-16-29-22(25-21)26-24-15-18-6-4-9-20(14-18)28-13-5-11-27-12-10-23-17-27/h1-4,6-10,12,14-17H,5,11,13H2,(H,25,26). The van der Waals surface area contributed by atoms with Crippen LogP contribution in [-0.4, -0.2) is 27.4 Å². The Bertz CT molecular complexity index is 1040. The van der Waals surface area contributed by atoms with Gasteiger partial charge in [0.25, 0.3) is 0 Å². The van der Waals surface area contributed by atoms with Crippen LogP contribution in [0.2, 0.25) is 0 Å². The van der Waals surface area contributed by atoms with E-state index in [-0.39, 0.29) is 0 Å². The van der Waals surface area contributed by atoms with Gasteiger partial charge in [-0.2, -0.15) is 5.10 Å². The number of nitrogens with one attached hydrogen (secondary N) is 1. The predicted octanol–water partition coefficient (Wildman–Crippen LogP) is 4.92. The first kappa shape index (κ1) is 18.9. The average Bonchev–Trinajstić information content (AvgIpc) is 3.45. The Balaban J connectivity index is 1.27. The normalized spacial score (nSPS) is 11.0. The van der Waals surface area contributed by atoms with Crippen molar-refractivity contribution in [2.45, 2.75) is 13.0 Å². The molecule has 0 saturated heterocycles. The maximum Gasteiger partial charge on any atom is 0.203 e. The molecule has 0 aliphatic carbocycles. The molecule has 0 unspecified atom stereocenters. The van der Waals surface area contributed by atoms with Crippen molar-refractivity contribution < 1.29 is 4.74 Å². The molecule has 0 fully saturated rings. The highest BCUT2D eigenvalue weighted by Gasteiger charge is 2.03. The van der Waals surface area contributed by atoms with Crippen molar-refractivity contribution >= 4 is 22.7 Å². The first-order valence-electron chi connectivity index (χ1n) is 9.35. The number of imidazole rings is 1. The number of aryl methyl sites for hydroxylation is 1. The minimum atomic E-state index is 0.651. The van der Waals surface area contributed by atoms with Crippen LogP contribution in [0.25, 0.3) is 11.3 Å². The van der Waals surface area contributed by atoms with Gasteiger partial charge < -0.3 is 9.30 Å². The van der Waals surface area contributed by atoms with Crippen molar-refractivity contribution in [3.05, 3.63) is 84.3 Å². The van der Waals surface area contributed by atoms with Gasteiger partial charge in [-0.3, -0.25) is 5.43 Å². The van der Waals surface area contributed by atoms with E-state index in [4.69, 9.17) is 4.74 Å². The highest BCUT2D eigenvalue weighted by atomic mass is 32.1. The molecule has 29 heavy (non-hydrogen) atoms. The van der Waals surface area contributed by atoms with Crippen LogP contribution < -0.4 is 10.2 Å². The average molecular weight is 404 g/mol. The highest BCUT2D eigenvalue weighted by Crippen LogP contribution is 2.24. The molecule has 7 heteroatoms. The Morgan fingerprint density at radius 1 is 1.14 bits per heavy atom. The molecule has 0 atom stereocenters. The fourth-order valence-corrected chi connectivity index (χ4v) is 3.44. The molecule has 1 N–H and O–H groups in total. The third kappa shape index (κ3) is 5.52. The smallest absolute Gasteiger partial charge is 0.203 e. The number of thiazole rings is 1. The van der Waals surface area contributed by atoms with E-state index in [0.717, 1.165) is 40.7 Å². The summed E-state index contributed by atoms with van der Waals surface area (Å²) >= 11 is 1.53. The monoisotopic (exact) mass is 403 g/mol. The van der Waals surface area contributed by atoms with E-state index in [1.54, 1.807) is 12.4 Å². The zero-order valence-corrected chi connectivity index (χ0v) is 16.6. The second-order valence-electron chi connectivity index (χ2n) is 6.35. The summed E-state index contributed by atoms with van der Waals surface area (Å²) in [6.45, 7) is 1.54. The maximum absolute atomic E-state index is 5.84. The van der Waals surface area contributed by atoms with Gasteiger partial charge in [0.15, 0.2) is 0 Å². The number of aromatic nitrogens is 3. The van der Waals surface area contributed by atoms with Crippen LogP contribution in [0.3, 0.4) is 0 Å². The Morgan fingerprint density at radius 3 is 2.93 bits per heavy atom. The maximum atomic E-state index is 5.84. The molecule has 6 nitrogen and oxygen atoms in total. The summed E-state index contributed by atoms with van der Waals surface area (Å²) in [6.07, 6.45) is 8.24. The van der Waals surface area contributed by atoms with E-state index >= 15 is 0 Å². The molecule has 0 radical (unpaired) electrons. The number of ether oxygens (including phenoxy) is 1. The summed E-state index contributed by atoms with van der Waals surface area (Å²) in [7, 11) is 0. The number of hydrogen-bond donors (Lipinski definition) is 1. The second kappa shape index (κ2) is 9.66. The molecular formula is C22H21N5OS. The van der Waals surface area contributed by atoms with E-state index in [1.165, 1.54) is 11.3 Å². The Kier molecular flexibility index (Phi) is 6.29. The lowest BCUT2D eigenvalue weighted by molar-refractivity contribution is 0.301. The van der Waals surface area contributed by atoms with Gasteiger partial charge in [0.2, 0.25) is 5.13 Å². The fourth-order valence-electron chi connectivity index (χ4n) is 2.77. The van der Waals surface area contributed by atoms with Crippen LogP contribution in [0.5, 0.6) is 5.75 Å². The molecular weight excluding hydrogens is 382 g/mol. The quantitative estimate of drug-likeness (QED) is 0.245. The van der Waals surface area contributed by atoms with Gasteiger partial charge in [0.05, 0.1) is 24.8 Å². The van der Waals surface area contributed by atoms with E-state index in [1.807, 2.05) is 77.1 Å². The van der Waals surface area contributed by atoms with Crippen LogP contribution >= 0.6 is 11.3 Å². The number of benzene rings is 2. The van der Waals surface area contributed by atoms with Crippen LogP contribution in [0.15, 0.2) is 83.8 Å².